The van der Waals surface area contributed by atoms with Gasteiger partial charge in [-0.3, -0.25) is 0 Å². The number of halogens is 3. The Morgan fingerprint density at radius 3 is 2.64 bits per heavy atom. The highest BCUT2D eigenvalue weighted by Crippen LogP contribution is 2.33. The van der Waals surface area contributed by atoms with Gasteiger partial charge in [0.05, 0.1) is 5.56 Å². The average Bonchev–Trinajstić information content (AvgIpc) is 3.00. The Balaban J connectivity index is 1.61. The number of ether oxygens (including phenoxy) is 1. The van der Waals surface area contributed by atoms with Crippen molar-refractivity contribution in [2.75, 3.05) is 0 Å². The van der Waals surface area contributed by atoms with Crippen molar-refractivity contribution in [3.63, 3.8) is 0 Å². The number of nitrogens with one attached hydrogen (secondary N) is 1. The molecule has 1 heterocycles. The van der Waals surface area contributed by atoms with E-state index < -0.39 is 17.8 Å². The minimum Gasteiger partial charge on any atom is -0.486 e. The normalized spacial score (nSPS) is 20.0. The number of nitrogens with zero attached hydrogens (tertiary/aromatic N) is 3. The zero-order valence-electron chi connectivity index (χ0n) is 15.2. The third kappa shape index (κ3) is 4.73. The van der Waals surface area contributed by atoms with E-state index in [1.54, 1.807) is 11.6 Å². The lowest BCUT2D eigenvalue weighted by Crippen LogP contribution is -2.36. The van der Waals surface area contributed by atoms with Crippen LogP contribution in [0.25, 0.3) is 0 Å². The van der Waals surface area contributed by atoms with E-state index in [0.717, 1.165) is 43.6 Å². The second-order valence-corrected chi connectivity index (χ2v) is 6.85. The number of carbonyl (C=O) groups is 1. The molecular weight excluding hydrogens is 377 g/mol. The molecule has 2 N–H and O–H groups in total. The predicted octanol–water partition coefficient (Wildman–Crippen LogP) is 3.71. The molecule has 7 nitrogen and oxygen atoms in total. The maximum absolute atomic E-state index is 12.8. The second kappa shape index (κ2) is 8.07. The van der Waals surface area contributed by atoms with E-state index in [-0.39, 0.29) is 24.3 Å². The van der Waals surface area contributed by atoms with Crippen LogP contribution in [0, 0.1) is 0 Å². The molecule has 0 saturated heterocycles. The maximum Gasteiger partial charge on any atom is 0.416 e. The largest absolute Gasteiger partial charge is 0.486 e. The molecule has 1 saturated carbocycles. The number of rotatable bonds is 5. The molecular formula is C18H21F3N4O3. The molecule has 0 aliphatic heterocycles. The van der Waals surface area contributed by atoms with Gasteiger partial charge in [0, 0.05) is 19.0 Å². The van der Waals surface area contributed by atoms with Crippen molar-refractivity contribution in [3.8, 4) is 5.75 Å². The standard InChI is InChI=1S/C18H21F3N4O3/c1-25-15(10-28-14-4-2-3-12(9-14)18(19,20)21)23-24-16(25)11-5-7-13(8-6-11)22-17(26)27/h2-4,9,11,13,22H,5-8,10H2,1H3,(H,26,27). The van der Waals surface area contributed by atoms with E-state index in [9.17, 15) is 18.0 Å². The molecule has 0 radical (unpaired) electrons. The SMILES string of the molecule is Cn1c(COc2cccc(C(F)(F)F)c2)nnc1C1CCC(NC(=O)O)CC1. The molecule has 28 heavy (non-hydrogen) atoms. The molecule has 2 aromatic rings. The van der Waals surface area contributed by atoms with Crippen LogP contribution in [0.4, 0.5) is 18.0 Å². The van der Waals surface area contributed by atoms with Crippen molar-refractivity contribution in [2.24, 2.45) is 7.05 Å². The summed E-state index contributed by atoms with van der Waals surface area (Å²) in [5, 5.41) is 19.6. The zero-order chi connectivity index (χ0) is 20.3. The summed E-state index contributed by atoms with van der Waals surface area (Å²) in [6.07, 6.45) is -2.43. The first-order chi connectivity index (χ1) is 13.2. The molecule has 1 aromatic carbocycles. The van der Waals surface area contributed by atoms with Gasteiger partial charge in [-0.1, -0.05) is 6.07 Å². The third-order valence-corrected chi connectivity index (χ3v) is 4.95. The summed E-state index contributed by atoms with van der Waals surface area (Å²) in [6, 6.07) is 4.65. The van der Waals surface area contributed by atoms with Crippen LogP contribution in [0.5, 0.6) is 5.75 Å². The van der Waals surface area contributed by atoms with Crippen molar-refractivity contribution in [2.45, 2.75) is 50.4 Å². The molecule has 1 aromatic heterocycles. The summed E-state index contributed by atoms with van der Waals surface area (Å²) < 4.78 is 45.6. The number of hydrogen-bond donors (Lipinski definition) is 2. The van der Waals surface area contributed by atoms with Crippen LogP contribution < -0.4 is 10.1 Å². The Morgan fingerprint density at radius 2 is 2.00 bits per heavy atom. The number of hydrogen-bond acceptors (Lipinski definition) is 4. The minimum absolute atomic E-state index is 0.000719. The first-order valence-electron chi connectivity index (χ1n) is 8.91. The van der Waals surface area contributed by atoms with Crippen LogP contribution in [0.1, 0.15) is 48.8 Å². The van der Waals surface area contributed by atoms with Crippen LogP contribution in [-0.2, 0) is 19.8 Å². The summed E-state index contributed by atoms with van der Waals surface area (Å²) >= 11 is 0. The van der Waals surface area contributed by atoms with E-state index in [4.69, 9.17) is 9.84 Å². The Morgan fingerprint density at radius 1 is 1.29 bits per heavy atom. The van der Waals surface area contributed by atoms with Gasteiger partial charge in [-0.25, -0.2) is 4.79 Å². The first-order valence-corrected chi connectivity index (χ1v) is 8.91. The number of carboxylic acid groups (broad SMARTS) is 1. The van der Waals surface area contributed by atoms with Crippen molar-refractivity contribution in [1.82, 2.24) is 20.1 Å². The van der Waals surface area contributed by atoms with Gasteiger partial charge < -0.3 is 19.7 Å². The summed E-state index contributed by atoms with van der Waals surface area (Å²) in [4.78, 5) is 10.7. The molecule has 1 amide bonds. The van der Waals surface area contributed by atoms with Crippen molar-refractivity contribution >= 4 is 6.09 Å². The van der Waals surface area contributed by atoms with E-state index in [1.807, 2.05) is 0 Å². The smallest absolute Gasteiger partial charge is 0.416 e. The molecule has 0 spiro atoms. The summed E-state index contributed by atoms with van der Waals surface area (Å²) in [5.41, 5.74) is -0.768. The molecule has 1 aliphatic rings. The maximum atomic E-state index is 12.8. The van der Waals surface area contributed by atoms with Crippen LogP contribution in [-0.4, -0.2) is 32.0 Å². The van der Waals surface area contributed by atoms with E-state index >= 15 is 0 Å². The number of amides is 1. The van der Waals surface area contributed by atoms with Gasteiger partial charge in [-0.2, -0.15) is 13.2 Å². The predicted molar refractivity (Wildman–Crippen MR) is 92.9 cm³/mol. The molecule has 10 heteroatoms. The Labute approximate surface area is 159 Å². The quantitative estimate of drug-likeness (QED) is 0.802. The van der Waals surface area contributed by atoms with Gasteiger partial charge in [-0.15, -0.1) is 10.2 Å². The Hall–Kier alpha value is -2.78. The molecule has 0 bridgehead atoms. The highest BCUT2D eigenvalue weighted by molar-refractivity contribution is 5.64. The summed E-state index contributed by atoms with van der Waals surface area (Å²) in [5.74, 6) is 1.56. The van der Waals surface area contributed by atoms with Gasteiger partial charge in [0.15, 0.2) is 5.82 Å². The number of benzene rings is 1. The third-order valence-electron chi connectivity index (χ3n) is 4.95. The summed E-state index contributed by atoms with van der Waals surface area (Å²) in [7, 11) is 1.79. The van der Waals surface area contributed by atoms with E-state index in [2.05, 4.69) is 15.5 Å². The van der Waals surface area contributed by atoms with Crippen LogP contribution in [0.3, 0.4) is 0 Å². The number of aromatic nitrogens is 3. The fraction of sp³-hybridized carbons (Fsp3) is 0.500. The van der Waals surface area contributed by atoms with E-state index in [1.165, 1.54) is 12.1 Å². The van der Waals surface area contributed by atoms with Crippen LogP contribution >= 0.6 is 0 Å². The fourth-order valence-corrected chi connectivity index (χ4v) is 3.44. The molecule has 1 aliphatic carbocycles. The summed E-state index contributed by atoms with van der Waals surface area (Å²) in [6.45, 7) is 0.000719. The zero-order valence-corrected chi connectivity index (χ0v) is 15.2. The second-order valence-electron chi connectivity index (χ2n) is 6.85. The fourth-order valence-electron chi connectivity index (χ4n) is 3.44. The first kappa shape index (κ1) is 20.0. The lowest BCUT2D eigenvalue weighted by atomic mass is 9.85. The number of alkyl halides is 3. The van der Waals surface area contributed by atoms with E-state index in [0.29, 0.717) is 5.82 Å². The molecule has 152 valence electrons. The lowest BCUT2D eigenvalue weighted by molar-refractivity contribution is -0.137. The molecule has 0 atom stereocenters. The van der Waals surface area contributed by atoms with Gasteiger partial charge in [-0.05, 0) is 43.9 Å². The lowest BCUT2D eigenvalue weighted by Gasteiger charge is -2.27. The van der Waals surface area contributed by atoms with Gasteiger partial charge in [0.1, 0.15) is 18.2 Å². The Bertz CT molecular complexity index is 830. The van der Waals surface area contributed by atoms with Gasteiger partial charge >= 0.3 is 12.3 Å². The monoisotopic (exact) mass is 398 g/mol. The molecule has 0 unspecified atom stereocenters. The molecule has 1 fully saturated rings. The van der Waals surface area contributed by atoms with Crippen LogP contribution in [0.15, 0.2) is 24.3 Å². The topological polar surface area (TPSA) is 89.3 Å². The Kier molecular flexibility index (Phi) is 5.76. The van der Waals surface area contributed by atoms with Crippen molar-refractivity contribution in [3.05, 3.63) is 41.5 Å². The average molecular weight is 398 g/mol. The van der Waals surface area contributed by atoms with Gasteiger partial charge in [0.25, 0.3) is 0 Å². The minimum atomic E-state index is -4.42. The van der Waals surface area contributed by atoms with Crippen LogP contribution in [0.2, 0.25) is 0 Å². The van der Waals surface area contributed by atoms with Gasteiger partial charge in [0.2, 0.25) is 0 Å². The highest BCUT2D eigenvalue weighted by Gasteiger charge is 2.31. The highest BCUT2D eigenvalue weighted by atomic mass is 19.4. The molecule has 3 rings (SSSR count). The van der Waals surface area contributed by atoms with Crippen molar-refractivity contribution < 1.29 is 27.8 Å². The van der Waals surface area contributed by atoms with Crippen molar-refractivity contribution in [1.29, 1.82) is 0 Å².